The number of hydrogen-bond donors (Lipinski definition) is 1. The zero-order valence-electron chi connectivity index (χ0n) is 10.5. The Balaban J connectivity index is 1.81. The third kappa shape index (κ3) is 2.52. The van der Waals surface area contributed by atoms with E-state index in [0.717, 1.165) is 12.8 Å². The van der Waals surface area contributed by atoms with Gasteiger partial charge in [-0.2, -0.15) is 0 Å². The normalized spacial score (nSPS) is 18.1. The van der Waals surface area contributed by atoms with Gasteiger partial charge in [0, 0.05) is 12.8 Å². The lowest BCUT2D eigenvalue weighted by Crippen LogP contribution is -2.16. The lowest BCUT2D eigenvalue weighted by molar-refractivity contribution is 0.0889. The molecule has 0 aromatic carbocycles. The zero-order valence-corrected chi connectivity index (χ0v) is 11.3. The number of aromatic nitrogens is 2. The number of carbonyl (C=O) groups excluding carboxylic acids is 1. The molecule has 0 bridgehead atoms. The highest BCUT2D eigenvalue weighted by molar-refractivity contribution is 6.32. The summed E-state index contributed by atoms with van der Waals surface area (Å²) in [5.41, 5.74) is 0.650. The van der Waals surface area contributed by atoms with Crippen LogP contribution in [0.3, 0.4) is 0 Å². The molecule has 2 aromatic rings. The van der Waals surface area contributed by atoms with Crippen LogP contribution in [0, 0.1) is 0 Å². The zero-order chi connectivity index (χ0) is 13.9. The van der Waals surface area contributed by atoms with Gasteiger partial charge in [-0.15, -0.1) is 0 Å². The summed E-state index contributed by atoms with van der Waals surface area (Å²) in [6.45, 7) is 0.668. The van der Waals surface area contributed by atoms with Crippen molar-refractivity contribution in [3.8, 4) is 0 Å². The summed E-state index contributed by atoms with van der Waals surface area (Å²) in [6, 6.07) is 3.35. The van der Waals surface area contributed by atoms with Crippen LogP contribution in [0.15, 0.2) is 29.1 Å². The fraction of sp³-hybridized carbons (Fsp3) is 0.308. The fourth-order valence-corrected chi connectivity index (χ4v) is 2.27. The van der Waals surface area contributed by atoms with Crippen molar-refractivity contribution in [2.75, 3.05) is 11.9 Å². The molecule has 0 radical (unpaired) electrons. The Morgan fingerprint density at radius 1 is 1.45 bits per heavy atom. The highest BCUT2D eigenvalue weighted by Gasteiger charge is 2.28. The third-order valence-electron chi connectivity index (χ3n) is 3.04. The summed E-state index contributed by atoms with van der Waals surface area (Å²) in [5.74, 6) is 0.0687. The molecule has 6 nitrogen and oxygen atoms in total. The number of ether oxygens (including phenoxy) is 1. The lowest BCUT2D eigenvalue weighted by atomic mass is 10.1. The van der Waals surface area contributed by atoms with Gasteiger partial charge in [-0.05, 0) is 25.0 Å². The molecular formula is C13H12ClN3O3. The van der Waals surface area contributed by atoms with Gasteiger partial charge in [0.05, 0.1) is 5.69 Å². The summed E-state index contributed by atoms with van der Waals surface area (Å²) in [5, 5.41) is 2.89. The number of nitrogens with zero attached hydrogens (tertiary/aromatic N) is 2. The van der Waals surface area contributed by atoms with Crippen LogP contribution in [0.2, 0.25) is 5.15 Å². The van der Waals surface area contributed by atoms with E-state index in [2.05, 4.69) is 15.3 Å². The number of oxazole rings is 1. The molecule has 1 aliphatic rings. The van der Waals surface area contributed by atoms with Gasteiger partial charge in [0.2, 0.25) is 0 Å². The summed E-state index contributed by atoms with van der Waals surface area (Å²) in [4.78, 5) is 20.1. The van der Waals surface area contributed by atoms with E-state index in [4.69, 9.17) is 20.8 Å². The Morgan fingerprint density at radius 3 is 3.10 bits per heavy atom. The largest absolute Gasteiger partial charge is 0.445 e. The number of rotatable bonds is 3. The van der Waals surface area contributed by atoms with Crippen molar-refractivity contribution in [1.82, 2.24) is 9.97 Å². The van der Waals surface area contributed by atoms with Crippen molar-refractivity contribution in [1.29, 1.82) is 0 Å². The standard InChI is InChI=1S/C13H12ClN3O3/c14-12-8(3-1-5-15-12)17-13(18)10-11(20-7-16-10)9-4-2-6-19-9/h1,3,5,7,9H,2,4,6H2,(H,17,18)/t9-/m0/s1. The Kier molecular flexibility index (Phi) is 3.66. The Labute approximate surface area is 120 Å². The number of anilines is 1. The maximum Gasteiger partial charge on any atom is 0.278 e. The Hall–Kier alpha value is -1.92. The number of halogens is 1. The lowest BCUT2D eigenvalue weighted by Gasteiger charge is -2.08. The molecule has 2 aromatic heterocycles. The average molecular weight is 294 g/mol. The number of amides is 1. The van der Waals surface area contributed by atoms with E-state index < -0.39 is 0 Å². The van der Waals surface area contributed by atoms with E-state index in [0.29, 0.717) is 18.1 Å². The first-order valence-electron chi connectivity index (χ1n) is 6.22. The monoisotopic (exact) mass is 293 g/mol. The second-order valence-corrected chi connectivity index (χ2v) is 4.72. The van der Waals surface area contributed by atoms with Gasteiger partial charge in [0.1, 0.15) is 6.10 Å². The molecule has 20 heavy (non-hydrogen) atoms. The van der Waals surface area contributed by atoms with E-state index >= 15 is 0 Å². The maximum absolute atomic E-state index is 12.2. The minimum atomic E-state index is -0.390. The van der Waals surface area contributed by atoms with Crippen LogP contribution in [-0.2, 0) is 4.74 Å². The van der Waals surface area contributed by atoms with Gasteiger partial charge in [-0.25, -0.2) is 9.97 Å². The fourth-order valence-electron chi connectivity index (χ4n) is 2.10. The van der Waals surface area contributed by atoms with Crippen LogP contribution in [0.25, 0.3) is 0 Å². The Morgan fingerprint density at radius 2 is 2.35 bits per heavy atom. The number of pyridine rings is 1. The first-order chi connectivity index (χ1) is 9.75. The van der Waals surface area contributed by atoms with Crippen LogP contribution >= 0.6 is 11.6 Å². The molecule has 104 valence electrons. The van der Waals surface area contributed by atoms with Gasteiger partial charge in [0.15, 0.2) is 23.0 Å². The molecular weight excluding hydrogens is 282 g/mol. The van der Waals surface area contributed by atoms with Crippen molar-refractivity contribution >= 4 is 23.2 Å². The molecule has 0 saturated carbocycles. The first-order valence-corrected chi connectivity index (χ1v) is 6.60. The van der Waals surface area contributed by atoms with E-state index in [1.807, 2.05) is 0 Å². The molecule has 0 aliphatic carbocycles. The van der Waals surface area contributed by atoms with Crippen LogP contribution in [0.5, 0.6) is 0 Å². The first kappa shape index (κ1) is 13.1. The molecule has 1 fully saturated rings. The van der Waals surface area contributed by atoms with E-state index in [1.54, 1.807) is 18.3 Å². The second-order valence-electron chi connectivity index (χ2n) is 4.36. The van der Waals surface area contributed by atoms with Gasteiger partial charge in [0.25, 0.3) is 5.91 Å². The van der Waals surface area contributed by atoms with Crippen molar-refractivity contribution in [2.24, 2.45) is 0 Å². The molecule has 1 amide bonds. The summed E-state index contributed by atoms with van der Waals surface area (Å²) in [7, 11) is 0. The van der Waals surface area contributed by atoms with Crippen LogP contribution in [0.4, 0.5) is 5.69 Å². The third-order valence-corrected chi connectivity index (χ3v) is 3.34. The SMILES string of the molecule is O=C(Nc1cccnc1Cl)c1ncoc1[C@@H]1CCCO1. The predicted octanol–water partition coefficient (Wildman–Crippen LogP) is 2.83. The van der Waals surface area contributed by atoms with E-state index in [-0.39, 0.29) is 22.9 Å². The molecule has 0 spiro atoms. The minimum absolute atomic E-state index is 0.206. The van der Waals surface area contributed by atoms with Crippen molar-refractivity contribution in [2.45, 2.75) is 18.9 Å². The quantitative estimate of drug-likeness (QED) is 0.881. The van der Waals surface area contributed by atoms with Crippen LogP contribution in [0.1, 0.15) is 35.2 Å². The molecule has 0 unspecified atom stereocenters. The number of hydrogen-bond acceptors (Lipinski definition) is 5. The highest BCUT2D eigenvalue weighted by atomic mass is 35.5. The number of nitrogens with one attached hydrogen (secondary N) is 1. The smallest absolute Gasteiger partial charge is 0.278 e. The van der Waals surface area contributed by atoms with Gasteiger partial charge < -0.3 is 14.5 Å². The number of carbonyl (C=O) groups is 1. The average Bonchev–Trinajstić information content (AvgIpc) is 3.11. The van der Waals surface area contributed by atoms with E-state index in [1.165, 1.54) is 6.39 Å². The molecule has 1 saturated heterocycles. The van der Waals surface area contributed by atoms with Gasteiger partial charge in [-0.3, -0.25) is 4.79 Å². The molecule has 3 rings (SSSR count). The van der Waals surface area contributed by atoms with Crippen LogP contribution in [-0.4, -0.2) is 22.5 Å². The van der Waals surface area contributed by atoms with Gasteiger partial charge >= 0.3 is 0 Å². The maximum atomic E-state index is 12.2. The van der Waals surface area contributed by atoms with E-state index in [9.17, 15) is 4.79 Å². The van der Waals surface area contributed by atoms with Crippen molar-refractivity contribution in [3.05, 3.63) is 41.3 Å². The topological polar surface area (TPSA) is 77.3 Å². The molecule has 1 N–H and O–H groups in total. The Bertz CT molecular complexity index is 623. The van der Waals surface area contributed by atoms with Crippen molar-refractivity contribution < 1.29 is 13.9 Å². The molecule has 1 aliphatic heterocycles. The summed E-state index contributed by atoms with van der Waals surface area (Å²) >= 11 is 5.90. The minimum Gasteiger partial charge on any atom is -0.445 e. The summed E-state index contributed by atoms with van der Waals surface area (Å²) in [6.07, 6.45) is 4.36. The highest BCUT2D eigenvalue weighted by Crippen LogP contribution is 2.31. The predicted molar refractivity (Wildman–Crippen MR) is 71.6 cm³/mol. The molecule has 7 heteroatoms. The summed E-state index contributed by atoms with van der Waals surface area (Å²) < 4.78 is 10.8. The van der Waals surface area contributed by atoms with Gasteiger partial charge in [-0.1, -0.05) is 11.6 Å². The second kappa shape index (κ2) is 5.60. The van der Waals surface area contributed by atoms with Crippen molar-refractivity contribution in [3.63, 3.8) is 0 Å². The molecule has 1 atom stereocenters. The molecule has 3 heterocycles. The van der Waals surface area contributed by atoms with Crippen LogP contribution < -0.4 is 5.32 Å².